The first-order chi connectivity index (χ1) is 6.31. The van der Waals surface area contributed by atoms with Crippen LogP contribution in [0.15, 0.2) is 18.2 Å². The molecule has 3 heteroatoms. The van der Waals surface area contributed by atoms with Crippen LogP contribution in [0.4, 0.5) is 0 Å². The summed E-state index contributed by atoms with van der Waals surface area (Å²) in [7, 11) is 0. The monoisotopic (exact) mass is 193 g/mol. The van der Waals surface area contributed by atoms with E-state index in [1.165, 1.54) is 0 Å². The summed E-state index contributed by atoms with van der Waals surface area (Å²) in [4.78, 5) is 4.39. The Morgan fingerprint density at radius 1 is 1.46 bits per heavy atom. The Balaban J connectivity index is 2.60. The molecule has 0 N–H and O–H groups in total. The van der Waals surface area contributed by atoms with E-state index in [9.17, 15) is 0 Å². The van der Waals surface area contributed by atoms with Crippen molar-refractivity contribution in [2.45, 2.75) is 13.8 Å². The Hall–Kier alpha value is -1.09. The number of fused-ring (bicyclic) bond motifs is 1. The van der Waals surface area contributed by atoms with Gasteiger partial charge in [-0.1, -0.05) is 6.07 Å². The van der Waals surface area contributed by atoms with Crippen LogP contribution in [-0.4, -0.2) is 11.6 Å². The van der Waals surface area contributed by atoms with Gasteiger partial charge in [-0.05, 0) is 26.0 Å². The van der Waals surface area contributed by atoms with Crippen LogP contribution in [0, 0.1) is 6.92 Å². The molecule has 1 aromatic carbocycles. The maximum Gasteiger partial charge on any atom is 0.138 e. The molecule has 0 aliphatic rings. The summed E-state index contributed by atoms with van der Waals surface area (Å²) >= 11 is 1.68. The third-order valence-corrected chi connectivity index (χ3v) is 2.79. The highest BCUT2D eigenvalue weighted by molar-refractivity contribution is 7.18. The molecule has 0 aliphatic carbocycles. The number of rotatable bonds is 2. The van der Waals surface area contributed by atoms with Gasteiger partial charge in [-0.25, -0.2) is 4.98 Å². The highest BCUT2D eigenvalue weighted by Gasteiger charge is 2.05. The molecule has 2 nitrogen and oxygen atoms in total. The van der Waals surface area contributed by atoms with E-state index >= 15 is 0 Å². The molecule has 1 aromatic heterocycles. The molecule has 2 rings (SSSR count). The van der Waals surface area contributed by atoms with E-state index in [0.717, 1.165) is 21.0 Å². The van der Waals surface area contributed by atoms with Crippen LogP contribution in [0.25, 0.3) is 10.2 Å². The van der Waals surface area contributed by atoms with Gasteiger partial charge in [0.25, 0.3) is 0 Å². The number of ether oxygens (including phenoxy) is 1. The van der Waals surface area contributed by atoms with Crippen molar-refractivity contribution in [1.29, 1.82) is 0 Å². The second-order valence-corrected chi connectivity index (χ2v) is 3.97. The Morgan fingerprint density at radius 2 is 2.31 bits per heavy atom. The maximum atomic E-state index is 5.50. The molecule has 0 saturated carbocycles. The molecule has 1 heterocycles. The van der Waals surface area contributed by atoms with Crippen molar-refractivity contribution in [3.8, 4) is 5.75 Å². The lowest BCUT2D eigenvalue weighted by molar-refractivity contribution is 0.345. The largest absolute Gasteiger partial charge is 0.492 e. The zero-order chi connectivity index (χ0) is 9.26. The smallest absolute Gasteiger partial charge is 0.138 e. The predicted molar refractivity (Wildman–Crippen MR) is 55.5 cm³/mol. The van der Waals surface area contributed by atoms with E-state index < -0.39 is 0 Å². The number of aryl methyl sites for hydroxylation is 1. The highest BCUT2D eigenvalue weighted by atomic mass is 32.1. The van der Waals surface area contributed by atoms with Gasteiger partial charge in [-0.3, -0.25) is 0 Å². The Labute approximate surface area is 81.2 Å². The second-order valence-electron chi connectivity index (χ2n) is 2.77. The number of nitrogens with zero attached hydrogens (tertiary/aromatic N) is 1. The quantitative estimate of drug-likeness (QED) is 0.731. The lowest BCUT2D eigenvalue weighted by atomic mass is 10.3. The average Bonchev–Trinajstić information content (AvgIpc) is 2.47. The molecule has 13 heavy (non-hydrogen) atoms. The number of hydrogen-bond donors (Lipinski definition) is 0. The average molecular weight is 193 g/mol. The molecule has 0 atom stereocenters. The van der Waals surface area contributed by atoms with Gasteiger partial charge in [-0.15, -0.1) is 11.3 Å². The van der Waals surface area contributed by atoms with Crippen LogP contribution in [0.3, 0.4) is 0 Å². The van der Waals surface area contributed by atoms with E-state index in [0.29, 0.717) is 6.61 Å². The first-order valence-corrected chi connectivity index (χ1v) is 5.12. The van der Waals surface area contributed by atoms with Gasteiger partial charge in [0.2, 0.25) is 0 Å². The summed E-state index contributed by atoms with van der Waals surface area (Å²) < 4.78 is 6.66. The molecule has 0 unspecified atom stereocenters. The fourth-order valence-electron chi connectivity index (χ4n) is 1.30. The number of hydrogen-bond acceptors (Lipinski definition) is 3. The minimum absolute atomic E-state index is 0.704. The van der Waals surface area contributed by atoms with Gasteiger partial charge in [0, 0.05) is 0 Å². The zero-order valence-corrected chi connectivity index (χ0v) is 8.52. The SMILES string of the molecule is CCOc1cccc2nc(C)sc12. The second kappa shape index (κ2) is 3.34. The Morgan fingerprint density at radius 3 is 3.08 bits per heavy atom. The summed E-state index contributed by atoms with van der Waals surface area (Å²) in [5.74, 6) is 0.950. The van der Waals surface area contributed by atoms with Crippen molar-refractivity contribution in [1.82, 2.24) is 4.98 Å². The summed E-state index contributed by atoms with van der Waals surface area (Å²) in [6.07, 6.45) is 0. The normalized spacial score (nSPS) is 10.6. The molecule has 0 amide bonds. The fraction of sp³-hybridized carbons (Fsp3) is 0.300. The van der Waals surface area contributed by atoms with Crippen molar-refractivity contribution >= 4 is 21.6 Å². The van der Waals surface area contributed by atoms with E-state index in [1.807, 2.05) is 32.0 Å². The molecule has 2 aromatic rings. The molecular weight excluding hydrogens is 182 g/mol. The van der Waals surface area contributed by atoms with E-state index in [2.05, 4.69) is 4.98 Å². The Bertz CT molecular complexity index is 422. The van der Waals surface area contributed by atoms with Crippen molar-refractivity contribution in [3.63, 3.8) is 0 Å². The van der Waals surface area contributed by atoms with Crippen LogP contribution in [0.2, 0.25) is 0 Å². The fourth-order valence-corrected chi connectivity index (χ4v) is 2.19. The van der Waals surface area contributed by atoms with Crippen LogP contribution < -0.4 is 4.74 Å². The van der Waals surface area contributed by atoms with Crippen molar-refractivity contribution in [2.75, 3.05) is 6.61 Å². The molecule has 0 saturated heterocycles. The van der Waals surface area contributed by atoms with Gasteiger partial charge in [0.05, 0.1) is 21.8 Å². The minimum Gasteiger partial charge on any atom is -0.492 e. The van der Waals surface area contributed by atoms with E-state index in [4.69, 9.17) is 4.74 Å². The van der Waals surface area contributed by atoms with Gasteiger partial charge < -0.3 is 4.74 Å². The number of thiazole rings is 1. The third kappa shape index (κ3) is 1.52. The highest BCUT2D eigenvalue weighted by Crippen LogP contribution is 2.30. The van der Waals surface area contributed by atoms with Crippen LogP contribution >= 0.6 is 11.3 Å². The maximum absolute atomic E-state index is 5.50. The van der Waals surface area contributed by atoms with Gasteiger partial charge in [-0.2, -0.15) is 0 Å². The van der Waals surface area contributed by atoms with Crippen molar-refractivity contribution < 1.29 is 4.74 Å². The van der Waals surface area contributed by atoms with Crippen molar-refractivity contribution in [3.05, 3.63) is 23.2 Å². The molecule has 0 aliphatic heterocycles. The molecule has 0 fully saturated rings. The van der Waals surface area contributed by atoms with E-state index in [1.54, 1.807) is 11.3 Å². The minimum atomic E-state index is 0.704. The lowest BCUT2D eigenvalue weighted by Crippen LogP contribution is -1.90. The first kappa shape index (κ1) is 8.51. The van der Waals surface area contributed by atoms with Gasteiger partial charge >= 0.3 is 0 Å². The molecule has 68 valence electrons. The predicted octanol–water partition coefficient (Wildman–Crippen LogP) is 3.00. The molecule has 0 spiro atoms. The summed E-state index contributed by atoms with van der Waals surface area (Å²) in [6, 6.07) is 5.98. The summed E-state index contributed by atoms with van der Waals surface area (Å²) in [5.41, 5.74) is 1.04. The number of aromatic nitrogens is 1. The van der Waals surface area contributed by atoms with Crippen LogP contribution in [-0.2, 0) is 0 Å². The number of benzene rings is 1. The molecule has 0 radical (unpaired) electrons. The molecular formula is C10H11NOS. The van der Waals surface area contributed by atoms with Crippen LogP contribution in [0.5, 0.6) is 5.75 Å². The standard InChI is InChI=1S/C10H11NOS/c1-3-12-9-6-4-5-8-10(9)13-7(2)11-8/h4-6H,3H2,1-2H3. The first-order valence-electron chi connectivity index (χ1n) is 4.30. The summed E-state index contributed by atoms with van der Waals surface area (Å²) in [6.45, 7) is 4.71. The topological polar surface area (TPSA) is 22.1 Å². The van der Waals surface area contributed by atoms with E-state index in [-0.39, 0.29) is 0 Å². The van der Waals surface area contributed by atoms with Gasteiger partial charge in [0.1, 0.15) is 5.75 Å². The van der Waals surface area contributed by atoms with Crippen molar-refractivity contribution in [2.24, 2.45) is 0 Å². The lowest BCUT2D eigenvalue weighted by Gasteiger charge is -2.01. The third-order valence-electron chi connectivity index (χ3n) is 1.79. The summed E-state index contributed by atoms with van der Waals surface area (Å²) in [5, 5.41) is 1.09. The Kier molecular flexibility index (Phi) is 2.19. The van der Waals surface area contributed by atoms with Gasteiger partial charge in [0.15, 0.2) is 0 Å². The zero-order valence-electron chi connectivity index (χ0n) is 7.70. The van der Waals surface area contributed by atoms with Crippen LogP contribution in [0.1, 0.15) is 11.9 Å². The molecule has 0 bridgehead atoms.